The number of hydrogen-bond donors (Lipinski definition) is 1. The van der Waals surface area contributed by atoms with Crippen LogP contribution in [0.1, 0.15) is 29.7 Å². The van der Waals surface area contributed by atoms with Crippen molar-refractivity contribution in [3.8, 4) is 17.2 Å². The summed E-state index contributed by atoms with van der Waals surface area (Å²) in [5.74, 6) is 0.0418. The number of ether oxygens (including phenoxy) is 3. The number of ketones is 1. The van der Waals surface area contributed by atoms with E-state index in [4.69, 9.17) is 25.8 Å². The van der Waals surface area contributed by atoms with Gasteiger partial charge in [-0.3, -0.25) is 14.5 Å². The number of hydrogen-bond acceptors (Lipinski definition) is 10. The first-order valence-corrected chi connectivity index (χ1v) is 15.0. The van der Waals surface area contributed by atoms with Crippen LogP contribution in [0.3, 0.4) is 0 Å². The topological polar surface area (TPSA) is 111 Å². The van der Waals surface area contributed by atoms with Gasteiger partial charge < -0.3 is 19.3 Å². The fourth-order valence-electron chi connectivity index (χ4n) is 4.49. The van der Waals surface area contributed by atoms with E-state index in [0.29, 0.717) is 50.1 Å². The lowest BCUT2D eigenvalue weighted by molar-refractivity contribution is -0.132. The van der Waals surface area contributed by atoms with Crippen molar-refractivity contribution in [2.45, 2.75) is 23.1 Å². The van der Waals surface area contributed by atoms with Crippen molar-refractivity contribution in [1.82, 2.24) is 10.2 Å². The predicted octanol–water partition coefficient (Wildman–Crippen LogP) is 6.53. The summed E-state index contributed by atoms with van der Waals surface area (Å²) >= 11 is 8.88. The highest BCUT2D eigenvalue weighted by Crippen LogP contribution is 2.45. The Kier molecular flexibility index (Phi) is 9.00. The van der Waals surface area contributed by atoms with Gasteiger partial charge in [0, 0.05) is 16.3 Å². The van der Waals surface area contributed by atoms with Crippen molar-refractivity contribution < 1.29 is 28.9 Å². The number of anilines is 1. The molecule has 9 nitrogen and oxygen atoms in total. The van der Waals surface area contributed by atoms with Crippen LogP contribution in [0.15, 0.2) is 76.6 Å². The van der Waals surface area contributed by atoms with E-state index >= 15 is 0 Å². The molecule has 1 saturated heterocycles. The lowest BCUT2D eigenvalue weighted by atomic mass is 9.95. The van der Waals surface area contributed by atoms with Crippen molar-refractivity contribution in [1.29, 1.82) is 0 Å². The van der Waals surface area contributed by atoms with E-state index in [0.717, 1.165) is 5.56 Å². The summed E-state index contributed by atoms with van der Waals surface area (Å²) in [7, 11) is 3.03. The first kappa shape index (κ1) is 29.4. The Morgan fingerprint density at radius 2 is 1.79 bits per heavy atom. The molecule has 0 spiro atoms. The number of benzene rings is 3. The van der Waals surface area contributed by atoms with Crippen molar-refractivity contribution >= 4 is 57.3 Å². The van der Waals surface area contributed by atoms with Gasteiger partial charge in [0.05, 0.1) is 32.4 Å². The molecule has 0 saturated carbocycles. The highest BCUT2D eigenvalue weighted by molar-refractivity contribution is 8.00. The molecule has 0 aliphatic carbocycles. The van der Waals surface area contributed by atoms with Gasteiger partial charge in [-0.1, -0.05) is 59.0 Å². The maximum atomic E-state index is 13.6. The maximum absolute atomic E-state index is 13.6. The number of aromatic nitrogens is 2. The van der Waals surface area contributed by atoms with Gasteiger partial charge in [0.15, 0.2) is 15.8 Å². The third-order valence-corrected chi connectivity index (χ3v) is 9.00. The zero-order chi connectivity index (χ0) is 29.8. The largest absolute Gasteiger partial charge is 0.507 e. The lowest BCUT2D eigenvalue weighted by Gasteiger charge is -2.23. The van der Waals surface area contributed by atoms with Crippen LogP contribution in [-0.4, -0.2) is 47.8 Å². The van der Waals surface area contributed by atoms with Gasteiger partial charge in [-0.15, -0.1) is 10.2 Å². The van der Waals surface area contributed by atoms with Crippen LogP contribution in [0.4, 0.5) is 5.13 Å². The second kappa shape index (κ2) is 12.8. The van der Waals surface area contributed by atoms with Gasteiger partial charge in [-0.25, -0.2) is 0 Å². The van der Waals surface area contributed by atoms with Gasteiger partial charge in [0.2, 0.25) is 5.13 Å². The zero-order valence-electron chi connectivity index (χ0n) is 22.9. The third-order valence-electron chi connectivity index (χ3n) is 6.52. The minimum absolute atomic E-state index is 0.0862. The van der Waals surface area contributed by atoms with Crippen LogP contribution in [0.5, 0.6) is 17.2 Å². The smallest absolute Gasteiger partial charge is 0.301 e. The Hall–Kier alpha value is -4.06. The number of amides is 1. The summed E-state index contributed by atoms with van der Waals surface area (Å²) in [6, 6.07) is 18.2. The minimum atomic E-state index is -1.01. The highest BCUT2D eigenvalue weighted by atomic mass is 35.5. The Balaban J connectivity index is 1.58. The first-order valence-electron chi connectivity index (χ1n) is 12.8. The van der Waals surface area contributed by atoms with E-state index in [9.17, 15) is 14.7 Å². The molecule has 1 atom stereocenters. The number of nitrogens with zero attached hydrogens (tertiary/aromatic N) is 3. The van der Waals surface area contributed by atoms with E-state index in [1.165, 1.54) is 42.2 Å². The normalized spacial score (nSPS) is 16.1. The SMILES string of the molecule is CCOc1ccc(C2/C(=C(/O)c3ccc(OC)cc3)C(=O)C(=O)N2c2nnc(SCc3ccccc3Cl)s2)cc1OC. The molecular weight excluding hydrogens is 598 g/mol. The quantitative estimate of drug-likeness (QED) is 0.0693. The fourth-order valence-corrected chi connectivity index (χ4v) is 6.65. The molecule has 0 radical (unpaired) electrons. The average Bonchev–Trinajstić information content (AvgIpc) is 3.58. The van der Waals surface area contributed by atoms with Crippen LogP contribution in [-0.2, 0) is 15.3 Å². The summed E-state index contributed by atoms with van der Waals surface area (Å²) in [6.07, 6.45) is 0. The number of carbonyl (C=O) groups is 2. The Morgan fingerprint density at radius 1 is 1.02 bits per heavy atom. The first-order chi connectivity index (χ1) is 20.4. The van der Waals surface area contributed by atoms with Gasteiger partial charge in [-0.05, 0) is 60.5 Å². The number of methoxy groups -OCH3 is 2. The molecular formula is C30H26ClN3O6S2. The maximum Gasteiger partial charge on any atom is 0.301 e. The number of rotatable bonds is 10. The van der Waals surface area contributed by atoms with Crippen LogP contribution >= 0.6 is 34.7 Å². The molecule has 1 unspecified atom stereocenters. The molecule has 3 aromatic carbocycles. The number of halogens is 1. The van der Waals surface area contributed by atoms with Gasteiger partial charge in [0.1, 0.15) is 11.5 Å². The monoisotopic (exact) mass is 623 g/mol. The second-order valence-corrected chi connectivity index (χ2v) is 11.6. The van der Waals surface area contributed by atoms with E-state index in [-0.39, 0.29) is 16.5 Å². The molecule has 1 fully saturated rings. The molecule has 0 bridgehead atoms. The third kappa shape index (κ3) is 5.80. The van der Waals surface area contributed by atoms with Crippen LogP contribution in [0.2, 0.25) is 5.02 Å². The van der Waals surface area contributed by atoms with Crippen LogP contribution in [0, 0.1) is 0 Å². The van der Waals surface area contributed by atoms with E-state index in [2.05, 4.69) is 10.2 Å². The number of thioether (sulfide) groups is 1. The number of aliphatic hydroxyl groups excluding tert-OH is 1. The molecule has 1 aliphatic rings. The summed E-state index contributed by atoms with van der Waals surface area (Å²) in [5.41, 5.74) is 1.72. The molecule has 4 aromatic rings. The molecule has 1 N–H and O–H groups in total. The highest BCUT2D eigenvalue weighted by Gasteiger charge is 2.48. The minimum Gasteiger partial charge on any atom is -0.507 e. The molecule has 42 heavy (non-hydrogen) atoms. The summed E-state index contributed by atoms with van der Waals surface area (Å²) < 4.78 is 17.0. The molecule has 1 aromatic heterocycles. The summed E-state index contributed by atoms with van der Waals surface area (Å²) in [5, 5.41) is 20.8. The Morgan fingerprint density at radius 3 is 2.48 bits per heavy atom. The second-order valence-electron chi connectivity index (χ2n) is 8.97. The average molecular weight is 624 g/mol. The molecule has 1 aliphatic heterocycles. The molecule has 216 valence electrons. The van der Waals surface area contributed by atoms with Crippen molar-refractivity contribution in [3.05, 3.63) is 94.0 Å². The number of carbonyl (C=O) groups excluding carboxylic acids is 2. The van der Waals surface area contributed by atoms with E-state index in [1.54, 1.807) is 42.5 Å². The lowest BCUT2D eigenvalue weighted by Crippen LogP contribution is -2.29. The number of Topliss-reactive ketones (excluding diaryl/α,β-unsaturated/α-hetero) is 1. The Bertz CT molecular complexity index is 1660. The van der Waals surface area contributed by atoms with Crippen LogP contribution in [0.25, 0.3) is 5.76 Å². The van der Waals surface area contributed by atoms with E-state index < -0.39 is 17.7 Å². The fraction of sp³-hybridized carbons (Fsp3) is 0.200. The predicted molar refractivity (Wildman–Crippen MR) is 163 cm³/mol. The molecule has 12 heteroatoms. The molecule has 1 amide bonds. The molecule has 5 rings (SSSR count). The summed E-state index contributed by atoms with van der Waals surface area (Å²) in [6.45, 7) is 2.28. The van der Waals surface area contributed by atoms with Crippen molar-refractivity contribution in [2.75, 3.05) is 25.7 Å². The van der Waals surface area contributed by atoms with Gasteiger partial charge in [-0.2, -0.15) is 0 Å². The number of aliphatic hydroxyl groups is 1. The van der Waals surface area contributed by atoms with Crippen molar-refractivity contribution in [2.24, 2.45) is 0 Å². The van der Waals surface area contributed by atoms with Crippen molar-refractivity contribution in [3.63, 3.8) is 0 Å². The zero-order valence-corrected chi connectivity index (χ0v) is 25.3. The molecule has 2 heterocycles. The van der Waals surface area contributed by atoms with Crippen LogP contribution < -0.4 is 19.1 Å². The Labute approximate surface area is 255 Å². The standard InChI is InChI=1S/C30H26ClN3O6S2/c1-4-40-22-14-11-18(15-23(22)39-3)25-24(26(35)17-9-12-20(38-2)13-10-17)27(36)28(37)34(25)29-32-33-30(42-29)41-16-19-7-5-6-8-21(19)31/h5-15,25,35H,4,16H2,1-3H3/b26-24-. The van der Waals surface area contributed by atoms with Gasteiger partial charge in [0.25, 0.3) is 5.78 Å². The summed E-state index contributed by atoms with van der Waals surface area (Å²) in [4.78, 5) is 28.4. The van der Waals surface area contributed by atoms with E-state index in [1.807, 2.05) is 31.2 Å². The van der Waals surface area contributed by atoms with Gasteiger partial charge >= 0.3 is 5.91 Å².